The van der Waals surface area contributed by atoms with E-state index in [2.05, 4.69) is 0 Å². The van der Waals surface area contributed by atoms with Gasteiger partial charge in [-0.05, 0) is 31.7 Å². The third-order valence-electron chi connectivity index (χ3n) is 3.85. The Kier molecular flexibility index (Phi) is 4.95. The Bertz CT molecular complexity index is 467. The van der Waals surface area contributed by atoms with E-state index in [4.69, 9.17) is 4.74 Å². The Balaban J connectivity index is 2.07. The maximum absolute atomic E-state index is 10.8. The topological polar surface area (TPSA) is 72.6 Å². The monoisotopic (exact) mass is 279 g/mol. The summed E-state index contributed by atoms with van der Waals surface area (Å²) in [6.45, 7) is 2.21. The number of non-ortho nitro benzene ring substituents is 1. The highest BCUT2D eigenvalue weighted by Crippen LogP contribution is 2.31. The van der Waals surface area contributed by atoms with E-state index in [1.807, 2.05) is 0 Å². The van der Waals surface area contributed by atoms with E-state index in [1.54, 1.807) is 13.0 Å². The second kappa shape index (κ2) is 6.70. The highest BCUT2D eigenvalue weighted by atomic mass is 16.6. The molecule has 1 saturated carbocycles. The first-order chi connectivity index (χ1) is 9.58. The highest BCUT2D eigenvalue weighted by Gasteiger charge is 2.18. The molecule has 1 N–H and O–H groups in total. The minimum atomic E-state index is -0.781. The van der Waals surface area contributed by atoms with Crippen LogP contribution in [-0.2, 0) is 0 Å². The van der Waals surface area contributed by atoms with Gasteiger partial charge in [-0.1, -0.05) is 19.3 Å². The highest BCUT2D eigenvalue weighted by molar-refractivity contribution is 5.44. The first-order valence-corrected chi connectivity index (χ1v) is 7.17. The number of benzene rings is 1. The van der Waals surface area contributed by atoms with E-state index in [1.165, 1.54) is 44.2 Å². The number of rotatable bonds is 5. The molecule has 0 saturated heterocycles. The van der Waals surface area contributed by atoms with Crippen LogP contribution in [0, 0.1) is 16.0 Å². The van der Waals surface area contributed by atoms with Crippen LogP contribution >= 0.6 is 0 Å². The zero-order valence-electron chi connectivity index (χ0n) is 11.7. The second-order valence-electron chi connectivity index (χ2n) is 5.47. The minimum Gasteiger partial charge on any atom is -0.493 e. The fourth-order valence-corrected chi connectivity index (χ4v) is 2.67. The molecular formula is C15H21NO4. The average molecular weight is 279 g/mol. The summed E-state index contributed by atoms with van der Waals surface area (Å²) in [6.07, 6.45) is 5.37. The normalized spacial score (nSPS) is 17.7. The van der Waals surface area contributed by atoms with Crippen molar-refractivity contribution in [3.05, 3.63) is 33.9 Å². The predicted molar refractivity (Wildman–Crippen MR) is 75.8 cm³/mol. The standard InChI is InChI=1S/C15H21NO4/c1-11(17)14-9-13(16(18)19)7-8-15(14)20-10-12-5-3-2-4-6-12/h7-9,11-12,17H,2-6,10H2,1H3/t11-/m0/s1. The molecule has 1 aliphatic rings. The molecule has 0 aromatic heterocycles. The van der Waals surface area contributed by atoms with Gasteiger partial charge in [0.05, 0.1) is 17.6 Å². The van der Waals surface area contributed by atoms with Crippen LogP contribution in [0.3, 0.4) is 0 Å². The molecule has 5 heteroatoms. The molecule has 0 unspecified atom stereocenters. The van der Waals surface area contributed by atoms with Crippen molar-refractivity contribution in [1.29, 1.82) is 0 Å². The van der Waals surface area contributed by atoms with E-state index in [0.717, 1.165) is 0 Å². The fraction of sp³-hybridized carbons (Fsp3) is 0.600. The van der Waals surface area contributed by atoms with Gasteiger partial charge in [-0.15, -0.1) is 0 Å². The Morgan fingerprint density at radius 1 is 1.40 bits per heavy atom. The molecular weight excluding hydrogens is 258 g/mol. The van der Waals surface area contributed by atoms with Crippen LogP contribution < -0.4 is 4.74 Å². The lowest BCUT2D eigenvalue weighted by Gasteiger charge is -2.22. The van der Waals surface area contributed by atoms with Gasteiger partial charge in [0.1, 0.15) is 5.75 Å². The summed E-state index contributed by atoms with van der Waals surface area (Å²) in [4.78, 5) is 10.3. The van der Waals surface area contributed by atoms with Crippen LogP contribution in [0.15, 0.2) is 18.2 Å². The summed E-state index contributed by atoms with van der Waals surface area (Å²) < 4.78 is 5.79. The summed E-state index contributed by atoms with van der Waals surface area (Å²) in [5.41, 5.74) is 0.459. The molecule has 0 radical (unpaired) electrons. The van der Waals surface area contributed by atoms with E-state index in [-0.39, 0.29) is 5.69 Å². The van der Waals surface area contributed by atoms with Gasteiger partial charge in [0.25, 0.3) is 5.69 Å². The van der Waals surface area contributed by atoms with Gasteiger partial charge in [0.2, 0.25) is 0 Å². The van der Waals surface area contributed by atoms with Gasteiger partial charge in [0, 0.05) is 17.7 Å². The Morgan fingerprint density at radius 2 is 2.10 bits per heavy atom. The fourth-order valence-electron chi connectivity index (χ4n) is 2.67. The molecule has 20 heavy (non-hydrogen) atoms. The first kappa shape index (κ1) is 14.8. The molecule has 0 aliphatic heterocycles. The number of aliphatic hydroxyl groups is 1. The smallest absolute Gasteiger partial charge is 0.270 e. The molecule has 0 spiro atoms. The van der Waals surface area contributed by atoms with Crippen LogP contribution in [0.4, 0.5) is 5.69 Å². The van der Waals surface area contributed by atoms with Gasteiger partial charge in [-0.25, -0.2) is 0 Å². The Hall–Kier alpha value is -1.62. The van der Waals surface area contributed by atoms with E-state index in [9.17, 15) is 15.2 Å². The lowest BCUT2D eigenvalue weighted by Crippen LogP contribution is -2.16. The first-order valence-electron chi connectivity index (χ1n) is 7.17. The molecule has 1 atom stereocenters. The van der Waals surface area contributed by atoms with Crippen molar-refractivity contribution in [3.63, 3.8) is 0 Å². The molecule has 5 nitrogen and oxygen atoms in total. The Morgan fingerprint density at radius 3 is 2.70 bits per heavy atom. The van der Waals surface area contributed by atoms with Crippen molar-refractivity contribution in [1.82, 2.24) is 0 Å². The Labute approximate surface area is 118 Å². The van der Waals surface area contributed by atoms with Crippen molar-refractivity contribution in [3.8, 4) is 5.75 Å². The average Bonchev–Trinajstić information content (AvgIpc) is 2.45. The summed E-state index contributed by atoms with van der Waals surface area (Å²) in [5.74, 6) is 1.11. The number of ether oxygens (including phenoxy) is 1. The van der Waals surface area contributed by atoms with Crippen LogP contribution in [0.25, 0.3) is 0 Å². The molecule has 1 aromatic carbocycles. The van der Waals surface area contributed by atoms with Gasteiger partial charge in [-0.3, -0.25) is 10.1 Å². The molecule has 1 aliphatic carbocycles. The van der Waals surface area contributed by atoms with E-state index >= 15 is 0 Å². The summed E-state index contributed by atoms with van der Waals surface area (Å²) in [5, 5.41) is 20.5. The quantitative estimate of drug-likeness (QED) is 0.660. The van der Waals surface area contributed by atoms with Crippen molar-refractivity contribution in [2.45, 2.75) is 45.1 Å². The number of nitro benzene ring substituents is 1. The lowest BCUT2D eigenvalue weighted by molar-refractivity contribution is -0.385. The molecule has 0 bridgehead atoms. The zero-order valence-corrected chi connectivity index (χ0v) is 11.7. The minimum absolute atomic E-state index is 0.0223. The summed E-state index contributed by atoms with van der Waals surface area (Å²) in [6, 6.07) is 4.39. The molecule has 0 amide bonds. The molecule has 2 rings (SSSR count). The molecule has 1 aromatic rings. The maximum Gasteiger partial charge on any atom is 0.270 e. The van der Waals surface area contributed by atoms with Crippen LogP contribution in [0.2, 0.25) is 0 Å². The molecule has 110 valence electrons. The predicted octanol–water partition coefficient (Wildman–Crippen LogP) is 3.61. The van der Waals surface area contributed by atoms with Gasteiger partial charge < -0.3 is 9.84 Å². The molecule has 1 fully saturated rings. The van der Waals surface area contributed by atoms with E-state index < -0.39 is 11.0 Å². The number of hydrogen-bond acceptors (Lipinski definition) is 4. The largest absolute Gasteiger partial charge is 0.493 e. The van der Waals surface area contributed by atoms with Crippen molar-refractivity contribution >= 4 is 5.69 Å². The maximum atomic E-state index is 10.8. The SMILES string of the molecule is C[C@H](O)c1cc([N+](=O)[O-])ccc1OCC1CCCCC1. The molecule has 0 heterocycles. The van der Waals surface area contributed by atoms with Crippen LogP contribution in [0.1, 0.15) is 50.7 Å². The lowest BCUT2D eigenvalue weighted by atomic mass is 9.90. The second-order valence-corrected chi connectivity index (χ2v) is 5.47. The van der Waals surface area contributed by atoms with Gasteiger partial charge >= 0.3 is 0 Å². The number of nitrogens with zero attached hydrogens (tertiary/aromatic N) is 1. The van der Waals surface area contributed by atoms with Crippen LogP contribution in [-0.4, -0.2) is 16.6 Å². The van der Waals surface area contributed by atoms with Gasteiger partial charge in [-0.2, -0.15) is 0 Å². The third kappa shape index (κ3) is 3.70. The van der Waals surface area contributed by atoms with Crippen molar-refractivity contribution in [2.75, 3.05) is 6.61 Å². The number of aliphatic hydroxyl groups excluding tert-OH is 1. The van der Waals surface area contributed by atoms with Gasteiger partial charge in [0.15, 0.2) is 0 Å². The zero-order chi connectivity index (χ0) is 14.5. The summed E-state index contributed by atoms with van der Waals surface area (Å²) in [7, 11) is 0. The van der Waals surface area contributed by atoms with Crippen LogP contribution in [0.5, 0.6) is 5.75 Å². The van der Waals surface area contributed by atoms with Crippen molar-refractivity contribution < 1.29 is 14.8 Å². The van der Waals surface area contributed by atoms with E-state index in [0.29, 0.717) is 23.8 Å². The summed E-state index contributed by atoms with van der Waals surface area (Å²) >= 11 is 0. The van der Waals surface area contributed by atoms with Crippen molar-refractivity contribution in [2.24, 2.45) is 5.92 Å². The number of nitro groups is 1. The third-order valence-corrected chi connectivity index (χ3v) is 3.85. The number of hydrogen-bond donors (Lipinski definition) is 1.